The van der Waals surface area contributed by atoms with Gasteiger partial charge in [-0.15, -0.1) is 0 Å². The fourth-order valence-electron chi connectivity index (χ4n) is 3.30. The summed E-state index contributed by atoms with van der Waals surface area (Å²) in [5, 5.41) is 6.69. The number of hydrogen-bond acceptors (Lipinski definition) is 3. The largest absolute Gasteiger partial charge is 0.344 e. The predicted molar refractivity (Wildman–Crippen MR) is 87.5 cm³/mol. The highest BCUT2D eigenvalue weighted by Crippen LogP contribution is 2.32. The molecule has 22 heavy (non-hydrogen) atoms. The Morgan fingerprint density at radius 2 is 2.05 bits per heavy atom. The summed E-state index contributed by atoms with van der Waals surface area (Å²) in [6.07, 6.45) is 7.28. The second-order valence-electron chi connectivity index (χ2n) is 5.75. The van der Waals surface area contributed by atoms with Crippen molar-refractivity contribution < 1.29 is 7.13 Å². The average Bonchev–Trinajstić information content (AvgIpc) is 3.02. The van der Waals surface area contributed by atoms with Crippen molar-refractivity contribution in [3.63, 3.8) is 0 Å². The summed E-state index contributed by atoms with van der Waals surface area (Å²) in [7, 11) is 0. The molecule has 0 amide bonds. The highest BCUT2D eigenvalue weighted by molar-refractivity contribution is 5.85. The van der Waals surface area contributed by atoms with E-state index in [1.165, 1.54) is 4.90 Å². The maximum atomic E-state index is 15.0. The number of nitrogens with one attached hydrogen (secondary N) is 2. The van der Waals surface area contributed by atoms with Gasteiger partial charge in [-0.25, -0.2) is 4.39 Å². The van der Waals surface area contributed by atoms with E-state index in [1.54, 1.807) is 18.3 Å². The zero-order valence-electron chi connectivity index (χ0n) is 14.3. The van der Waals surface area contributed by atoms with E-state index in [-0.39, 0.29) is 5.82 Å². The van der Waals surface area contributed by atoms with Gasteiger partial charge in [-0.05, 0) is 44.1 Å². The first-order valence-corrected chi connectivity index (χ1v) is 7.72. The zero-order chi connectivity index (χ0) is 16.7. The Labute approximate surface area is 132 Å². The van der Waals surface area contributed by atoms with Gasteiger partial charge in [-0.3, -0.25) is 5.32 Å². The van der Waals surface area contributed by atoms with Crippen molar-refractivity contribution in [3.8, 4) is 0 Å². The molecule has 2 unspecified atom stereocenters. The molecule has 5 heteroatoms. The molecule has 116 valence electrons. The van der Waals surface area contributed by atoms with Gasteiger partial charge < -0.3 is 14.8 Å². The lowest BCUT2D eigenvalue weighted by atomic mass is 10.1. The van der Waals surface area contributed by atoms with Crippen LogP contribution >= 0.6 is 0 Å². The minimum absolute atomic E-state index is 0.313. The molecule has 0 spiro atoms. The summed E-state index contributed by atoms with van der Waals surface area (Å²) in [6.45, 7) is 0.487. The SMILES string of the molecule is [2H]C1C=CN(c2ccc3c(ccn3C3CCNCC3)c2F)C([2H])N1. The number of piperidine rings is 1. The van der Waals surface area contributed by atoms with Crippen LogP contribution in [0.25, 0.3) is 10.9 Å². The molecular weight excluding hydrogens is 279 g/mol. The standard InChI is InChI=1S/C17H21FN4/c18-17-14-6-11-22(13-4-8-19-9-5-13)15(14)2-3-16(17)21-10-1-7-20-12-21/h1-3,6,10-11,13,19-20H,4-5,7-9,12H2/i7D,12D. The molecular formula is C17H21FN4. The average molecular weight is 302 g/mol. The molecule has 3 heterocycles. The third kappa shape index (κ3) is 2.30. The number of rotatable bonds is 2. The second-order valence-corrected chi connectivity index (χ2v) is 5.75. The Hall–Kier alpha value is -1.85. The van der Waals surface area contributed by atoms with Crippen LogP contribution in [-0.4, -0.2) is 30.8 Å². The molecule has 2 atom stereocenters. The highest BCUT2D eigenvalue weighted by atomic mass is 19.1. The Kier molecular flexibility index (Phi) is 3.05. The van der Waals surface area contributed by atoms with Crippen LogP contribution < -0.4 is 15.5 Å². The fourth-order valence-corrected chi connectivity index (χ4v) is 3.30. The molecule has 1 saturated heterocycles. The minimum atomic E-state index is -0.865. The lowest BCUT2D eigenvalue weighted by molar-refractivity contribution is 0.376. The first kappa shape index (κ1) is 11.7. The van der Waals surface area contributed by atoms with Gasteiger partial charge in [-0.1, -0.05) is 6.08 Å². The molecule has 0 bridgehead atoms. The molecule has 2 N–H and O–H groups in total. The number of hydrogen-bond donors (Lipinski definition) is 2. The summed E-state index contributed by atoms with van der Waals surface area (Å²) in [5.74, 6) is -0.313. The molecule has 2 aromatic rings. The van der Waals surface area contributed by atoms with E-state index in [1.807, 2.05) is 18.3 Å². The first-order chi connectivity index (χ1) is 11.6. The van der Waals surface area contributed by atoms with Gasteiger partial charge in [-0.2, -0.15) is 0 Å². The van der Waals surface area contributed by atoms with Crippen LogP contribution in [0.15, 0.2) is 36.7 Å². The smallest absolute Gasteiger partial charge is 0.156 e. The third-order valence-electron chi connectivity index (χ3n) is 4.45. The molecule has 0 saturated carbocycles. The van der Waals surface area contributed by atoms with E-state index in [0.717, 1.165) is 31.4 Å². The quantitative estimate of drug-likeness (QED) is 0.894. The lowest BCUT2D eigenvalue weighted by Gasteiger charge is -2.26. The van der Waals surface area contributed by atoms with Gasteiger partial charge in [0.05, 0.1) is 19.2 Å². The number of benzene rings is 1. The van der Waals surface area contributed by atoms with Crippen LogP contribution in [0.3, 0.4) is 0 Å². The summed E-state index contributed by atoms with van der Waals surface area (Å²) >= 11 is 0. The van der Waals surface area contributed by atoms with Crippen molar-refractivity contribution in [1.29, 1.82) is 0 Å². The van der Waals surface area contributed by atoms with Crippen LogP contribution in [0, 0.1) is 5.82 Å². The van der Waals surface area contributed by atoms with Crippen LogP contribution in [0.1, 0.15) is 21.6 Å². The van der Waals surface area contributed by atoms with Crippen LogP contribution in [-0.2, 0) is 0 Å². The molecule has 1 aromatic carbocycles. The van der Waals surface area contributed by atoms with Crippen molar-refractivity contribution in [1.82, 2.24) is 15.2 Å². The lowest BCUT2D eigenvalue weighted by Crippen LogP contribution is -2.34. The molecule has 4 rings (SSSR count). The molecule has 2 aliphatic rings. The van der Waals surface area contributed by atoms with E-state index < -0.39 is 13.2 Å². The fraction of sp³-hybridized carbons (Fsp3) is 0.412. The van der Waals surface area contributed by atoms with Crippen molar-refractivity contribution in [3.05, 3.63) is 42.5 Å². The summed E-state index contributed by atoms with van der Waals surface area (Å²) < 4.78 is 32.9. The number of fused-ring (bicyclic) bond motifs is 1. The molecule has 2 aliphatic heterocycles. The Bertz CT molecular complexity index is 769. The monoisotopic (exact) mass is 302 g/mol. The van der Waals surface area contributed by atoms with Gasteiger partial charge in [0.2, 0.25) is 0 Å². The number of anilines is 1. The molecule has 1 fully saturated rings. The van der Waals surface area contributed by atoms with Crippen molar-refractivity contribution in [2.45, 2.75) is 18.9 Å². The Morgan fingerprint density at radius 3 is 2.86 bits per heavy atom. The van der Waals surface area contributed by atoms with Crippen molar-refractivity contribution in [2.75, 3.05) is 31.2 Å². The van der Waals surface area contributed by atoms with E-state index in [2.05, 4.69) is 15.2 Å². The first-order valence-electron chi connectivity index (χ1n) is 8.87. The third-order valence-corrected chi connectivity index (χ3v) is 4.45. The van der Waals surface area contributed by atoms with Gasteiger partial charge in [0.15, 0.2) is 5.82 Å². The maximum absolute atomic E-state index is 15.0. The Morgan fingerprint density at radius 1 is 1.18 bits per heavy atom. The maximum Gasteiger partial charge on any atom is 0.156 e. The van der Waals surface area contributed by atoms with Crippen LogP contribution in [0.2, 0.25) is 0 Å². The van der Waals surface area contributed by atoms with Gasteiger partial charge >= 0.3 is 0 Å². The van der Waals surface area contributed by atoms with E-state index >= 15 is 4.39 Å². The molecule has 4 nitrogen and oxygen atoms in total. The summed E-state index contributed by atoms with van der Waals surface area (Å²) in [6, 6.07) is 5.89. The Balaban J connectivity index is 1.72. The van der Waals surface area contributed by atoms with Crippen LogP contribution in [0.4, 0.5) is 10.1 Å². The number of nitrogens with zero attached hydrogens (tertiary/aromatic N) is 2. The van der Waals surface area contributed by atoms with Gasteiger partial charge in [0.1, 0.15) is 0 Å². The van der Waals surface area contributed by atoms with Crippen LogP contribution in [0.5, 0.6) is 0 Å². The number of aromatic nitrogens is 1. The minimum Gasteiger partial charge on any atom is -0.344 e. The van der Waals surface area contributed by atoms with E-state index in [9.17, 15) is 0 Å². The second kappa shape index (κ2) is 5.74. The normalized spacial score (nSPS) is 28.0. The van der Waals surface area contributed by atoms with E-state index in [4.69, 9.17) is 2.74 Å². The zero-order valence-corrected chi connectivity index (χ0v) is 12.3. The van der Waals surface area contributed by atoms with Crippen molar-refractivity contribution >= 4 is 16.6 Å². The number of halogens is 1. The summed E-state index contributed by atoms with van der Waals surface area (Å²) in [4.78, 5) is 1.52. The van der Waals surface area contributed by atoms with E-state index in [0.29, 0.717) is 17.1 Å². The highest BCUT2D eigenvalue weighted by Gasteiger charge is 2.20. The molecule has 0 aliphatic carbocycles. The summed E-state index contributed by atoms with van der Waals surface area (Å²) in [5.41, 5.74) is 1.26. The van der Waals surface area contributed by atoms with Gasteiger partial charge in [0.25, 0.3) is 0 Å². The topological polar surface area (TPSA) is 32.2 Å². The van der Waals surface area contributed by atoms with Gasteiger partial charge in [0, 0.05) is 31.7 Å². The predicted octanol–water partition coefficient (Wildman–Crippen LogP) is 2.59. The molecule has 0 radical (unpaired) electrons. The molecule has 1 aromatic heterocycles. The van der Waals surface area contributed by atoms with Crippen molar-refractivity contribution in [2.24, 2.45) is 0 Å².